The number of hydrogen-bond donors (Lipinski definition) is 1. The van der Waals surface area contributed by atoms with E-state index in [0.29, 0.717) is 5.25 Å². The van der Waals surface area contributed by atoms with Gasteiger partial charge in [-0.25, -0.2) is 4.98 Å². The van der Waals surface area contributed by atoms with Crippen LogP contribution in [0.2, 0.25) is 0 Å². The lowest BCUT2D eigenvalue weighted by molar-refractivity contribution is 0.161. The normalized spacial score (nSPS) is 29.0. The molecule has 0 bridgehead atoms. The Labute approximate surface area is 98.7 Å². The fourth-order valence-electron chi connectivity index (χ4n) is 1.81. The number of aryl methyl sites for hydroxylation is 1. The standard InChI is InChI=1S/C10H16N2OS2/c1-7-9(15-6-5-14-7)8(13)10-11-3-4-12(10)2/h3-4,7-9,13H,5-6H2,1-2H3. The number of aliphatic hydroxyl groups is 1. The third kappa shape index (κ3) is 2.34. The average Bonchev–Trinajstić information content (AvgIpc) is 2.64. The first-order chi connectivity index (χ1) is 7.20. The molecule has 0 spiro atoms. The minimum Gasteiger partial charge on any atom is -0.384 e. The van der Waals surface area contributed by atoms with E-state index in [1.54, 1.807) is 6.20 Å². The van der Waals surface area contributed by atoms with Crippen molar-refractivity contribution in [1.82, 2.24) is 9.55 Å². The highest BCUT2D eigenvalue weighted by Gasteiger charge is 2.31. The van der Waals surface area contributed by atoms with E-state index < -0.39 is 6.10 Å². The van der Waals surface area contributed by atoms with Crippen LogP contribution in [0.1, 0.15) is 18.9 Å². The summed E-state index contributed by atoms with van der Waals surface area (Å²) in [5, 5.41) is 11.0. The van der Waals surface area contributed by atoms with E-state index in [2.05, 4.69) is 11.9 Å². The molecule has 0 aromatic carbocycles. The van der Waals surface area contributed by atoms with Crippen LogP contribution in [-0.2, 0) is 7.05 Å². The summed E-state index contributed by atoms with van der Waals surface area (Å²) < 4.78 is 1.90. The van der Waals surface area contributed by atoms with Gasteiger partial charge in [0.2, 0.25) is 0 Å². The second-order valence-corrected chi connectivity index (χ2v) is 6.52. The Kier molecular flexibility index (Phi) is 3.64. The third-order valence-electron chi connectivity index (χ3n) is 2.67. The van der Waals surface area contributed by atoms with Crippen LogP contribution in [0.3, 0.4) is 0 Å². The SMILES string of the molecule is CC1SCCSC1C(O)c1nccn1C. The second kappa shape index (κ2) is 4.80. The van der Waals surface area contributed by atoms with Crippen molar-refractivity contribution in [3.63, 3.8) is 0 Å². The number of thioether (sulfide) groups is 2. The topological polar surface area (TPSA) is 38.1 Å². The first kappa shape index (κ1) is 11.4. The summed E-state index contributed by atoms with van der Waals surface area (Å²) in [5.41, 5.74) is 0. The largest absolute Gasteiger partial charge is 0.384 e. The van der Waals surface area contributed by atoms with Gasteiger partial charge in [0.15, 0.2) is 0 Å². The summed E-state index contributed by atoms with van der Waals surface area (Å²) >= 11 is 3.80. The van der Waals surface area contributed by atoms with Gasteiger partial charge in [-0.3, -0.25) is 0 Å². The van der Waals surface area contributed by atoms with Gasteiger partial charge in [0, 0.05) is 41.4 Å². The molecule has 0 radical (unpaired) electrons. The van der Waals surface area contributed by atoms with Crippen molar-refractivity contribution in [3.05, 3.63) is 18.2 Å². The van der Waals surface area contributed by atoms with Crippen LogP contribution in [0, 0.1) is 0 Å². The molecule has 1 aromatic rings. The maximum absolute atomic E-state index is 10.3. The molecule has 3 atom stereocenters. The molecule has 1 saturated heterocycles. The molecule has 0 aliphatic carbocycles. The molecule has 0 amide bonds. The fraction of sp³-hybridized carbons (Fsp3) is 0.700. The average molecular weight is 244 g/mol. The van der Waals surface area contributed by atoms with Crippen LogP contribution in [0.4, 0.5) is 0 Å². The van der Waals surface area contributed by atoms with Crippen LogP contribution >= 0.6 is 23.5 Å². The summed E-state index contributed by atoms with van der Waals surface area (Å²) in [6, 6.07) is 0. The minimum absolute atomic E-state index is 0.268. The molecule has 2 rings (SSSR count). The van der Waals surface area contributed by atoms with Crippen molar-refractivity contribution < 1.29 is 5.11 Å². The molecule has 1 fully saturated rings. The molecule has 1 aliphatic rings. The first-order valence-electron chi connectivity index (χ1n) is 5.08. The number of aromatic nitrogens is 2. The van der Waals surface area contributed by atoms with E-state index in [1.165, 1.54) is 5.75 Å². The summed E-state index contributed by atoms with van der Waals surface area (Å²) in [7, 11) is 1.93. The molecule has 3 unspecified atom stereocenters. The van der Waals surface area contributed by atoms with E-state index in [0.717, 1.165) is 11.6 Å². The predicted octanol–water partition coefficient (Wildman–Crippen LogP) is 1.69. The Bertz CT molecular complexity index is 329. The van der Waals surface area contributed by atoms with E-state index in [4.69, 9.17) is 0 Å². The quantitative estimate of drug-likeness (QED) is 0.859. The maximum Gasteiger partial charge on any atom is 0.138 e. The van der Waals surface area contributed by atoms with Crippen molar-refractivity contribution in [1.29, 1.82) is 0 Å². The van der Waals surface area contributed by atoms with E-state index >= 15 is 0 Å². The van der Waals surface area contributed by atoms with E-state index in [-0.39, 0.29) is 5.25 Å². The number of nitrogens with zero attached hydrogens (tertiary/aromatic N) is 2. The van der Waals surface area contributed by atoms with Gasteiger partial charge in [0.05, 0.1) is 0 Å². The van der Waals surface area contributed by atoms with Gasteiger partial charge in [-0.1, -0.05) is 6.92 Å². The lowest BCUT2D eigenvalue weighted by atomic mass is 10.2. The van der Waals surface area contributed by atoms with Crippen molar-refractivity contribution in [3.8, 4) is 0 Å². The smallest absolute Gasteiger partial charge is 0.138 e. The zero-order valence-corrected chi connectivity index (χ0v) is 10.6. The van der Waals surface area contributed by atoms with Gasteiger partial charge in [-0.2, -0.15) is 23.5 Å². The maximum atomic E-state index is 10.3. The molecular weight excluding hydrogens is 228 g/mol. The zero-order valence-electron chi connectivity index (χ0n) is 8.96. The number of aliphatic hydroxyl groups excluding tert-OH is 1. The Morgan fingerprint density at radius 2 is 2.27 bits per heavy atom. The van der Waals surface area contributed by atoms with Gasteiger partial charge in [-0.15, -0.1) is 0 Å². The van der Waals surface area contributed by atoms with Gasteiger partial charge < -0.3 is 9.67 Å². The van der Waals surface area contributed by atoms with Crippen LogP contribution in [0.15, 0.2) is 12.4 Å². The lowest BCUT2D eigenvalue weighted by Gasteiger charge is -2.31. The zero-order chi connectivity index (χ0) is 10.8. The van der Waals surface area contributed by atoms with Gasteiger partial charge in [0.25, 0.3) is 0 Å². The number of rotatable bonds is 2. The summed E-state index contributed by atoms with van der Waals surface area (Å²) in [5.74, 6) is 3.10. The van der Waals surface area contributed by atoms with Gasteiger partial charge in [0.1, 0.15) is 11.9 Å². The highest BCUT2D eigenvalue weighted by atomic mass is 32.2. The van der Waals surface area contributed by atoms with Crippen molar-refractivity contribution in [2.75, 3.05) is 11.5 Å². The predicted molar refractivity (Wildman–Crippen MR) is 66.3 cm³/mol. The molecule has 1 aromatic heterocycles. The van der Waals surface area contributed by atoms with Crippen LogP contribution in [-0.4, -0.2) is 36.7 Å². The van der Waals surface area contributed by atoms with E-state index in [1.807, 2.05) is 41.3 Å². The van der Waals surface area contributed by atoms with Gasteiger partial charge in [-0.05, 0) is 0 Å². The summed E-state index contributed by atoms with van der Waals surface area (Å²) in [6.45, 7) is 2.19. The van der Waals surface area contributed by atoms with Crippen LogP contribution in [0.25, 0.3) is 0 Å². The molecule has 1 N–H and O–H groups in total. The van der Waals surface area contributed by atoms with Crippen molar-refractivity contribution in [2.45, 2.75) is 23.5 Å². The minimum atomic E-state index is -0.446. The highest BCUT2D eigenvalue weighted by Crippen LogP contribution is 2.37. The molecule has 1 aliphatic heterocycles. The molecule has 5 heteroatoms. The summed E-state index contributed by atoms with van der Waals surface area (Å²) in [6.07, 6.45) is 3.17. The van der Waals surface area contributed by atoms with Crippen molar-refractivity contribution >= 4 is 23.5 Å². The first-order valence-corrected chi connectivity index (χ1v) is 7.18. The fourth-order valence-corrected chi connectivity index (χ4v) is 4.60. The summed E-state index contributed by atoms with van der Waals surface area (Å²) in [4.78, 5) is 4.22. The van der Waals surface area contributed by atoms with Crippen molar-refractivity contribution in [2.24, 2.45) is 7.05 Å². The lowest BCUT2D eigenvalue weighted by Crippen LogP contribution is -2.30. The second-order valence-electron chi connectivity index (χ2n) is 3.75. The molecule has 84 valence electrons. The van der Waals surface area contributed by atoms with E-state index in [9.17, 15) is 5.11 Å². The van der Waals surface area contributed by atoms with Crippen LogP contribution in [0.5, 0.6) is 0 Å². The Balaban J connectivity index is 2.13. The molecule has 15 heavy (non-hydrogen) atoms. The molecule has 3 nitrogen and oxygen atoms in total. The Morgan fingerprint density at radius 1 is 1.53 bits per heavy atom. The third-order valence-corrected chi connectivity index (χ3v) is 5.85. The monoisotopic (exact) mass is 244 g/mol. The number of hydrogen-bond acceptors (Lipinski definition) is 4. The highest BCUT2D eigenvalue weighted by molar-refractivity contribution is 8.07. The molecule has 0 saturated carbocycles. The molecule has 2 heterocycles. The number of imidazole rings is 1. The Hall–Kier alpha value is -0.130. The van der Waals surface area contributed by atoms with Crippen LogP contribution < -0.4 is 0 Å². The Morgan fingerprint density at radius 3 is 2.87 bits per heavy atom. The molecular formula is C10H16N2OS2. The van der Waals surface area contributed by atoms with Gasteiger partial charge >= 0.3 is 0 Å².